The van der Waals surface area contributed by atoms with Gasteiger partial charge in [-0.25, -0.2) is 5.48 Å². The molecule has 2 amide bonds. The molecule has 0 rings (SSSR count). The maximum atomic E-state index is 10.1. The van der Waals surface area contributed by atoms with Gasteiger partial charge < -0.3 is 39.2 Å². The molecular weight excluding hydrogens is 290 g/mol. The molecule has 0 aliphatic heterocycles. The number of aliphatic carboxylic acids is 2. The minimum Gasteiger partial charge on any atom is -0.481 e. The lowest BCUT2D eigenvalue weighted by molar-refractivity contribution is -0.147. The van der Waals surface area contributed by atoms with Crippen LogP contribution in [-0.4, -0.2) is 46.2 Å². The van der Waals surface area contributed by atoms with Crippen LogP contribution in [0.25, 0.3) is 0 Å². The average molecular weight is 329 g/mol. The normalized spacial score (nSPS) is 8.43. The molecule has 0 spiro atoms. The largest absolute Gasteiger partial charge is 0.481 e. The Morgan fingerprint density at radius 1 is 1.05 bits per heavy atom. The number of amides is 2. The van der Waals surface area contributed by atoms with E-state index in [9.17, 15) is 19.2 Å². The second-order valence-electron chi connectivity index (χ2n) is 2.15. The lowest BCUT2D eigenvalue weighted by atomic mass is 10.4. The minimum absolute atomic E-state index is 0. The summed E-state index contributed by atoms with van der Waals surface area (Å²) in [7, 11) is -0.125. The molecule has 0 aliphatic carbocycles. The Labute approximate surface area is 130 Å². The van der Waals surface area contributed by atoms with Crippen molar-refractivity contribution in [3.05, 3.63) is 0 Å². The number of carbonyl (C=O) groups is 4. The van der Waals surface area contributed by atoms with Crippen molar-refractivity contribution in [2.45, 2.75) is 27.7 Å². The van der Waals surface area contributed by atoms with Crippen molar-refractivity contribution >= 4 is 23.8 Å². The number of hydroxylamine groups is 1. The van der Waals surface area contributed by atoms with Crippen molar-refractivity contribution < 1.29 is 41.6 Å². The third-order valence-corrected chi connectivity index (χ3v) is 0.624. The van der Waals surface area contributed by atoms with Gasteiger partial charge in [0.1, 0.15) is 15.7 Å². The number of carboxylic acids is 2. The number of carboxylic acid groups (broad SMARTS) is 2. The van der Waals surface area contributed by atoms with Crippen LogP contribution in [0, 0.1) is 0 Å². The van der Waals surface area contributed by atoms with Gasteiger partial charge in [0.05, 0.1) is 0 Å². The Kier molecular flexibility index (Phi) is 30.7. The zero-order chi connectivity index (χ0) is 20.6. The van der Waals surface area contributed by atoms with E-state index in [1.807, 2.05) is 0 Å². The summed E-state index contributed by atoms with van der Waals surface area (Å²) in [6.45, 7) is 0. The SMILES string of the molecule is C.C.O=C(O)CC(=O)O.[3H]CNO.[3H]N.[3H]N.[3H]NC(=O)CC(=O)N[3H]. The van der Waals surface area contributed by atoms with E-state index >= 15 is 0 Å². The van der Waals surface area contributed by atoms with E-state index in [0.717, 1.165) is 0 Å². The Hall–Kier alpha value is -2.28. The highest BCUT2D eigenvalue weighted by Gasteiger charge is 2.01. The van der Waals surface area contributed by atoms with Gasteiger partial charge in [0, 0.05) is 8.39 Å². The highest BCUT2D eigenvalue weighted by molar-refractivity contribution is 5.95. The first-order valence-electron chi connectivity index (χ1n) is 6.62. The maximum Gasteiger partial charge on any atom is 0.314 e. The van der Waals surface area contributed by atoms with Crippen molar-refractivity contribution in [2.75, 3.05) is 7.02 Å². The molecule has 0 heterocycles. The van der Waals surface area contributed by atoms with Crippen molar-refractivity contribution in [1.82, 2.24) is 17.8 Å². The average Bonchev–Trinajstić information content (AvgIpc) is 2.57. The van der Waals surface area contributed by atoms with E-state index in [2.05, 4.69) is 12.3 Å². The first-order valence-corrected chi connectivity index (χ1v) is 3.76. The summed E-state index contributed by atoms with van der Waals surface area (Å²) in [6.07, 6.45) is 6.23. The molecule has 0 atom stereocenters. The molecule has 0 unspecified atom stereocenters. The predicted octanol–water partition coefficient (Wildman–Crippen LogP) is -0.916. The molecule has 0 aromatic rings. The number of primary amides is 2. The fraction of sp³-hybridized carbons (Fsp3) is 0.556. The van der Waals surface area contributed by atoms with Crippen LogP contribution in [0.5, 0.6) is 0 Å². The van der Waals surface area contributed by atoms with Crippen LogP contribution < -0.4 is 29.2 Å². The molecule has 0 saturated heterocycles. The monoisotopic (exact) mass is 329 g/mol. The molecule has 0 aliphatic rings. The molecule has 0 bridgehead atoms. The molecule has 132 valence electrons. The lowest BCUT2D eigenvalue weighted by Crippen LogP contribution is -2.21. The van der Waals surface area contributed by atoms with Crippen LogP contribution in [-0.2, 0) is 19.2 Å². The molecule has 0 fully saturated rings. The van der Waals surface area contributed by atoms with Gasteiger partial charge in [0.15, 0.2) is 2.82 Å². The van der Waals surface area contributed by atoms with E-state index in [-0.39, 0.29) is 21.9 Å². The van der Waals surface area contributed by atoms with Crippen molar-refractivity contribution in [3.8, 4) is 0 Å². The van der Waals surface area contributed by atoms with Crippen molar-refractivity contribution in [2.24, 2.45) is 11.5 Å². The summed E-state index contributed by atoms with van der Waals surface area (Å²) < 4.78 is 29.1. The smallest absolute Gasteiger partial charge is 0.314 e. The summed E-state index contributed by atoms with van der Waals surface area (Å²) >= 11 is 0. The van der Waals surface area contributed by atoms with Gasteiger partial charge in [-0.2, -0.15) is 0 Å². The molecule has 0 aromatic carbocycles. The summed E-state index contributed by atoms with van der Waals surface area (Å²) in [6, 6.07) is 0. The van der Waals surface area contributed by atoms with Gasteiger partial charge in [-0.3, -0.25) is 19.2 Å². The van der Waals surface area contributed by atoms with Crippen LogP contribution in [0.4, 0.5) is 0 Å². The lowest BCUT2D eigenvalue weighted by Gasteiger charge is -1.82. The van der Waals surface area contributed by atoms with Gasteiger partial charge in [-0.05, 0) is 0 Å². The zero-order valence-corrected chi connectivity index (χ0v) is 9.75. The molecule has 0 radical (unpaired) electrons. The Morgan fingerprint density at radius 2 is 1.33 bits per heavy atom. The van der Waals surface area contributed by atoms with E-state index in [4.69, 9.17) is 22.4 Å². The van der Waals surface area contributed by atoms with E-state index in [1.54, 1.807) is 5.48 Å². The molecule has 14 N–H and O–H groups in total. The molecule has 0 aromatic heterocycles. The molecular formula is C9H29N5O7. The second kappa shape index (κ2) is 30.6. The third-order valence-electron chi connectivity index (χ3n) is 0.624. The quantitative estimate of drug-likeness (QED) is 0.232. The van der Waals surface area contributed by atoms with Gasteiger partial charge in [0.25, 0.3) is 0 Å². The number of carbonyl (C=O) groups excluding carboxylic acids is 2. The van der Waals surface area contributed by atoms with Crippen LogP contribution in [0.2, 0.25) is 5.65 Å². The van der Waals surface area contributed by atoms with Crippen LogP contribution >= 0.6 is 0 Å². The number of hydrogen-bond donors (Lipinski definition) is 8. The highest BCUT2D eigenvalue weighted by Crippen LogP contribution is 1.74. The van der Waals surface area contributed by atoms with Crippen LogP contribution in [0.3, 0.4) is 0 Å². The number of nitrogens with two attached hydrogens (primary N) is 2. The fourth-order valence-electron chi connectivity index (χ4n) is 0.275. The predicted molar refractivity (Wildman–Crippen MR) is 77.2 cm³/mol. The van der Waals surface area contributed by atoms with Gasteiger partial charge in [-0.15, -0.1) is 0 Å². The standard InChI is InChI=1S/C3H6N2O2.C3H4O4.CH5NO.2CH4.2H3N/c4-2(6)1-3(5)7;4-2(5)1-3(6)7;1-2-3;;;;/h1H2,(H2,4,6)(H2,5,7);1H2,(H,4,5)(H,6,7);2-3H,1H3;2*1H4;2*1H3/i;;1T;;;;/hT4. The molecule has 0 saturated carbocycles. The third kappa shape index (κ3) is 134. The van der Waals surface area contributed by atoms with Crippen molar-refractivity contribution in [3.63, 3.8) is 0 Å². The van der Waals surface area contributed by atoms with E-state index < -0.39 is 36.6 Å². The number of rotatable bonds is 4. The van der Waals surface area contributed by atoms with E-state index in [0.29, 0.717) is 0 Å². The van der Waals surface area contributed by atoms with E-state index in [1.165, 1.54) is 11.5 Å². The van der Waals surface area contributed by atoms with Gasteiger partial charge in [0.2, 0.25) is 11.8 Å². The summed E-state index contributed by atoms with van der Waals surface area (Å²) in [4.78, 5) is 39.1. The summed E-state index contributed by atoms with van der Waals surface area (Å²) in [5, 5.41) is 22.8. The summed E-state index contributed by atoms with van der Waals surface area (Å²) in [5.41, 5.74) is 4.59. The Bertz CT molecular complexity index is 301. The first-order chi connectivity index (χ1) is 11.2. The second-order valence-corrected chi connectivity index (χ2v) is 2.15. The van der Waals surface area contributed by atoms with Gasteiger partial charge in [-0.1, -0.05) is 14.9 Å². The minimum atomic E-state index is -1.31. The molecule has 12 heteroatoms. The molecule has 12 nitrogen and oxygen atoms in total. The van der Waals surface area contributed by atoms with Crippen LogP contribution in [0.1, 0.15) is 29.1 Å². The number of hydrogen-bond acceptors (Lipinski definition) is 8. The number of nitrogens with one attached hydrogen (secondary N) is 1. The molecule has 21 heavy (non-hydrogen) atoms. The Balaban J connectivity index is -0.0000000382. The fourth-order valence-corrected chi connectivity index (χ4v) is 0.275. The maximum absolute atomic E-state index is 10.1. The topological polar surface area (TPSA) is 263 Å². The zero-order valence-electron chi connectivity index (χ0n) is 14.8. The Morgan fingerprint density at radius 3 is 1.43 bits per heavy atom. The van der Waals surface area contributed by atoms with Gasteiger partial charge >= 0.3 is 11.9 Å². The van der Waals surface area contributed by atoms with Crippen LogP contribution in [0.15, 0.2) is 0 Å². The highest BCUT2D eigenvalue weighted by atomic mass is 16.5. The summed E-state index contributed by atoms with van der Waals surface area (Å²) in [5.74, 6) is -4.07. The first kappa shape index (κ1) is 21.0. The van der Waals surface area contributed by atoms with Crippen molar-refractivity contribution in [1.29, 1.82) is 0 Å².